The van der Waals surface area contributed by atoms with E-state index in [4.69, 9.17) is 4.74 Å². The quantitative estimate of drug-likeness (QED) is 0.772. The van der Waals surface area contributed by atoms with E-state index in [1.807, 2.05) is 36.6 Å². The highest BCUT2D eigenvalue weighted by molar-refractivity contribution is 7.13. The lowest BCUT2D eigenvalue weighted by molar-refractivity contribution is 0.102. The second-order valence-electron chi connectivity index (χ2n) is 4.73. The van der Waals surface area contributed by atoms with Crippen LogP contribution >= 0.6 is 11.3 Å². The number of hydrogen-bond acceptors (Lipinski definition) is 4. The first-order chi connectivity index (χ1) is 10.7. The highest BCUT2D eigenvalue weighted by Gasteiger charge is 2.07. The first-order valence-corrected chi connectivity index (χ1v) is 7.64. The van der Waals surface area contributed by atoms with E-state index in [0.717, 1.165) is 11.3 Å². The normalized spacial score (nSPS) is 10.2. The third-order valence-corrected chi connectivity index (χ3v) is 3.68. The van der Waals surface area contributed by atoms with E-state index in [2.05, 4.69) is 10.3 Å². The number of benzene rings is 2. The van der Waals surface area contributed by atoms with E-state index in [1.54, 1.807) is 30.5 Å². The molecule has 1 N–H and O–H groups in total. The number of nitrogens with one attached hydrogen (secondary N) is 1. The van der Waals surface area contributed by atoms with Crippen molar-refractivity contribution in [2.24, 2.45) is 0 Å². The fourth-order valence-corrected chi connectivity index (χ4v) is 2.47. The van der Waals surface area contributed by atoms with Crippen molar-refractivity contribution in [3.05, 3.63) is 71.2 Å². The van der Waals surface area contributed by atoms with Crippen molar-refractivity contribution in [1.29, 1.82) is 0 Å². The lowest BCUT2D eigenvalue weighted by atomic mass is 10.2. The van der Waals surface area contributed by atoms with Crippen molar-refractivity contribution in [1.82, 2.24) is 4.98 Å². The summed E-state index contributed by atoms with van der Waals surface area (Å²) in [7, 11) is 0. The molecular weight excluding hydrogens is 296 g/mol. The summed E-state index contributed by atoms with van der Waals surface area (Å²) in [6.07, 6.45) is 1.65. The van der Waals surface area contributed by atoms with Crippen LogP contribution in [0.4, 0.5) is 5.13 Å². The number of anilines is 1. The molecule has 1 heterocycles. The Bertz CT molecular complexity index is 768. The molecule has 0 atom stereocenters. The molecule has 1 aromatic heterocycles. The minimum Gasteiger partial charge on any atom is -0.457 e. The second kappa shape index (κ2) is 6.41. The molecule has 0 spiro atoms. The zero-order valence-electron chi connectivity index (χ0n) is 11.9. The fourth-order valence-electron chi connectivity index (χ4n) is 1.94. The van der Waals surface area contributed by atoms with Crippen molar-refractivity contribution in [3.63, 3.8) is 0 Å². The van der Waals surface area contributed by atoms with E-state index in [0.29, 0.717) is 16.4 Å². The molecule has 3 aromatic rings. The van der Waals surface area contributed by atoms with Crippen LogP contribution in [0, 0.1) is 6.92 Å². The fraction of sp³-hybridized carbons (Fsp3) is 0.0588. The van der Waals surface area contributed by atoms with Crippen molar-refractivity contribution in [2.45, 2.75) is 6.92 Å². The monoisotopic (exact) mass is 310 g/mol. The summed E-state index contributed by atoms with van der Waals surface area (Å²) in [6, 6.07) is 14.8. The van der Waals surface area contributed by atoms with Crippen LogP contribution in [-0.4, -0.2) is 10.9 Å². The molecule has 2 aromatic carbocycles. The second-order valence-corrected chi connectivity index (χ2v) is 5.63. The molecule has 22 heavy (non-hydrogen) atoms. The van der Waals surface area contributed by atoms with Gasteiger partial charge in [-0.3, -0.25) is 10.1 Å². The van der Waals surface area contributed by atoms with Crippen LogP contribution in [0.2, 0.25) is 0 Å². The average Bonchev–Trinajstić information content (AvgIpc) is 3.01. The summed E-state index contributed by atoms with van der Waals surface area (Å²) >= 11 is 1.38. The number of carbonyl (C=O) groups excluding carboxylic acids is 1. The summed E-state index contributed by atoms with van der Waals surface area (Å²) in [5, 5.41) is 5.14. The Morgan fingerprint density at radius 1 is 1.14 bits per heavy atom. The third-order valence-electron chi connectivity index (χ3n) is 2.99. The number of carbonyl (C=O) groups is 1. The summed E-state index contributed by atoms with van der Waals surface area (Å²) < 4.78 is 5.76. The Balaban J connectivity index is 1.68. The van der Waals surface area contributed by atoms with Gasteiger partial charge < -0.3 is 4.74 Å². The van der Waals surface area contributed by atoms with E-state index in [9.17, 15) is 4.79 Å². The van der Waals surface area contributed by atoms with Crippen LogP contribution in [0.15, 0.2) is 60.1 Å². The van der Waals surface area contributed by atoms with Gasteiger partial charge in [0.2, 0.25) is 0 Å². The smallest absolute Gasteiger partial charge is 0.257 e. The predicted molar refractivity (Wildman–Crippen MR) is 87.8 cm³/mol. The summed E-state index contributed by atoms with van der Waals surface area (Å²) in [6.45, 7) is 2.01. The molecular formula is C17H14N2O2S. The maximum Gasteiger partial charge on any atom is 0.257 e. The number of aromatic nitrogens is 1. The molecule has 0 saturated carbocycles. The molecule has 0 aliphatic rings. The van der Waals surface area contributed by atoms with Gasteiger partial charge in [-0.2, -0.15) is 0 Å². The minimum atomic E-state index is -0.183. The third kappa shape index (κ3) is 3.51. The Morgan fingerprint density at radius 3 is 2.64 bits per heavy atom. The van der Waals surface area contributed by atoms with Gasteiger partial charge in [0.15, 0.2) is 5.13 Å². The van der Waals surface area contributed by atoms with E-state index in [1.165, 1.54) is 11.3 Å². The molecule has 0 aliphatic heterocycles. The van der Waals surface area contributed by atoms with Crippen molar-refractivity contribution in [3.8, 4) is 11.5 Å². The van der Waals surface area contributed by atoms with Crippen molar-refractivity contribution < 1.29 is 9.53 Å². The van der Waals surface area contributed by atoms with E-state index >= 15 is 0 Å². The SMILES string of the molecule is Cc1cccc(Oc2ccc(C(=O)Nc3nccs3)cc2)c1. The predicted octanol–water partition coefficient (Wildman–Crippen LogP) is 4.50. The highest BCUT2D eigenvalue weighted by Crippen LogP contribution is 2.22. The largest absolute Gasteiger partial charge is 0.457 e. The standard InChI is InChI=1S/C17H14N2O2S/c1-12-3-2-4-15(11-12)21-14-7-5-13(6-8-14)16(20)19-17-18-9-10-22-17/h2-11H,1H3,(H,18,19,20). The van der Waals surface area contributed by atoms with E-state index in [-0.39, 0.29) is 5.91 Å². The van der Waals surface area contributed by atoms with Gasteiger partial charge in [-0.05, 0) is 48.9 Å². The molecule has 0 aliphatic carbocycles. The molecule has 0 fully saturated rings. The number of nitrogens with zero attached hydrogens (tertiary/aromatic N) is 1. The first-order valence-electron chi connectivity index (χ1n) is 6.76. The molecule has 0 unspecified atom stereocenters. The Kier molecular flexibility index (Phi) is 4.16. The number of aryl methyl sites for hydroxylation is 1. The topological polar surface area (TPSA) is 51.2 Å². The molecule has 0 saturated heterocycles. The molecule has 5 heteroatoms. The number of hydrogen-bond donors (Lipinski definition) is 1. The number of thiazole rings is 1. The van der Waals surface area contributed by atoms with Crippen molar-refractivity contribution in [2.75, 3.05) is 5.32 Å². The van der Waals surface area contributed by atoms with Crippen LogP contribution in [0.5, 0.6) is 11.5 Å². The lowest BCUT2D eigenvalue weighted by Crippen LogP contribution is -2.11. The van der Waals surface area contributed by atoms with Crippen LogP contribution in [0.25, 0.3) is 0 Å². The first kappa shape index (κ1) is 14.3. The molecule has 3 rings (SSSR count). The van der Waals surface area contributed by atoms with Gasteiger partial charge in [-0.25, -0.2) is 4.98 Å². The minimum absolute atomic E-state index is 0.183. The lowest BCUT2D eigenvalue weighted by Gasteiger charge is -2.07. The van der Waals surface area contributed by atoms with Crippen LogP contribution < -0.4 is 10.1 Å². The van der Waals surface area contributed by atoms with Gasteiger partial charge in [0.25, 0.3) is 5.91 Å². The molecule has 4 nitrogen and oxygen atoms in total. The summed E-state index contributed by atoms with van der Waals surface area (Å²) in [5.41, 5.74) is 1.70. The molecule has 0 bridgehead atoms. The zero-order chi connectivity index (χ0) is 15.4. The van der Waals surface area contributed by atoms with Gasteiger partial charge in [-0.1, -0.05) is 12.1 Å². The Hall–Kier alpha value is -2.66. The van der Waals surface area contributed by atoms with Crippen LogP contribution in [0.1, 0.15) is 15.9 Å². The molecule has 0 radical (unpaired) electrons. The maximum atomic E-state index is 12.0. The van der Waals surface area contributed by atoms with Crippen LogP contribution in [0.3, 0.4) is 0 Å². The number of rotatable bonds is 4. The van der Waals surface area contributed by atoms with Crippen molar-refractivity contribution >= 4 is 22.4 Å². The summed E-state index contributed by atoms with van der Waals surface area (Å²) in [5.74, 6) is 1.29. The maximum absolute atomic E-state index is 12.0. The Morgan fingerprint density at radius 2 is 1.95 bits per heavy atom. The van der Waals surface area contributed by atoms with Gasteiger partial charge in [-0.15, -0.1) is 11.3 Å². The summed E-state index contributed by atoms with van der Waals surface area (Å²) in [4.78, 5) is 16.1. The Labute approximate surface area is 132 Å². The number of ether oxygens (including phenoxy) is 1. The molecule has 110 valence electrons. The number of amides is 1. The highest BCUT2D eigenvalue weighted by atomic mass is 32.1. The van der Waals surface area contributed by atoms with Gasteiger partial charge in [0.1, 0.15) is 11.5 Å². The van der Waals surface area contributed by atoms with Gasteiger partial charge in [0.05, 0.1) is 0 Å². The van der Waals surface area contributed by atoms with Gasteiger partial charge >= 0.3 is 0 Å². The average molecular weight is 310 g/mol. The zero-order valence-corrected chi connectivity index (χ0v) is 12.8. The van der Waals surface area contributed by atoms with Gasteiger partial charge in [0, 0.05) is 17.1 Å². The molecule has 1 amide bonds. The van der Waals surface area contributed by atoms with E-state index < -0.39 is 0 Å². The van der Waals surface area contributed by atoms with Crippen LogP contribution in [-0.2, 0) is 0 Å².